The molecule has 72 valence electrons. The molecule has 3 rings (SSSR count). The smallest absolute Gasteiger partial charge is 0.319 e. The van der Waals surface area contributed by atoms with Crippen LogP contribution in [0.25, 0.3) is 0 Å². The van der Waals surface area contributed by atoms with Gasteiger partial charge < -0.3 is 16.4 Å². The van der Waals surface area contributed by atoms with E-state index in [1.54, 1.807) is 12.3 Å². The van der Waals surface area contributed by atoms with Crippen LogP contribution in [0.1, 0.15) is 11.6 Å². The van der Waals surface area contributed by atoms with Crippen LogP contribution in [0.4, 0.5) is 10.5 Å². The van der Waals surface area contributed by atoms with Gasteiger partial charge in [0.2, 0.25) is 0 Å². The first kappa shape index (κ1) is 8.07. The van der Waals surface area contributed by atoms with Crippen molar-refractivity contribution in [3.63, 3.8) is 0 Å². The fraction of sp³-hybridized carbons (Fsp3) is 0.250. The second kappa shape index (κ2) is 2.61. The first-order valence-electron chi connectivity index (χ1n) is 4.24. The number of aromatic nitrogens is 1. The third-order valence-corrected chi connectivity index (χ3v) is 3.47. The van der Waals surface area contributed by atoms with Crippen molar-refractivity contribution in [1.29, 1.82) is 0 Å². The number of carbonyl (C=O) groups excluding carboxylic acids is 1. The highest BCUT2D eigenvalue weighted by Gasteiger charge is 2.38. The zero-order valence-corrected chi connectivity index (χ0v) is 7.97. The molecule has 14 heavy (non-hydrogen) atoms. The number of urea groups is 1. The summed E-state index contributed by atoms with van der Waals surface area (Å²) in [6, 6.07) is 1.49. The van der Waals surface area contributed by atoms with E-state index in [0.717, 1.165) is 16.3 Å². The Kier molecular flexibility index (Phi) is 1.51. The summed E-state index contributed by atoms with van der Waals surface area (Å²) in [7, 11) is 0. The van der Waals surface area contributed by atoms with Crippen LogP contribution in [0, 0.1) is 0 Å². The lowest BCUT2D eigenvalue weighted by Gasteiger charge is -2.24. The Morgan fingerprint density at radius 2 is 2.43 bits per heavy atom. The maximum Gasteiger partial charge on any atom is 0.319 e. The molecule has 5 nitrogen and oxygen atoms in total. The van der Waals surface area contributed by atoms with E-state index in [9.17, 15) is 4.79 Å². The molecule has 0 aliphatic carbocycles. The van der Waals surface area contributed by atoms with Crippen molar-refractivity contribution in [2.75, 3.05) is 5.32 Å². The number of hydrogen-bond acceptors (Lipinski definition) is 4. The number of nitrogens with one attached hydrogen (secondary N) is 2. The Labute approximate surface area is 84.5 Å². The summed E-state index contributed by atoms with van der Waals surface area (Å²) in [5.41, 5.74) is 7.73. The minimum absolute atomic E-state index is 0.104. The Balaban J connectivity index is 2.20. The van der Waals surface area contributed by atoms with Crippen LogP contribution in [0.2, 0.25) is 0 Å². The molecule has 0 saturated carbocycles. The van der Waals surface area contributed by atoms with Crippen LogP contribution in [0.3, 0.4) is 0 Å². The molecule has 2 aliphatic rings. The highest BCUT2D eigenvalue weighted by Crippen LogP contribution is 2.45. The van der Waals surface area contributed by atoms with Gasteiger partial charge in [-0.15, -0.1) is 0 Å². The number of carbonyl (C=O) groups is 1. The molecule has 0 radical (unpaired) electrons. The molecule has 1 aromatic heterocycles. The van der Waals surface area contributed by atoms with Crippen LogP contribution in [0.5, 0.6) is 0 Å². The van der Waals surface area contributed by atoms with Gasteiger partial charge in [-0.2, -0.15) is 0 Å². The van der Waals surface area contributed by atoms with Crippen molar-refractivity contribution in [1.82, 2.24) is 10.3 Å². The quantitative estimate of drug-likeness (QED) is 0.584. The fourth-order valence-electron chi connectivity index (χ4n) is 1.77. The van der Waals surface area contributed by atoms with Gasteiger partial charge in [0.1, 0.15) is 5.03 Å². The minimum atomic E-state index is -0.197. The van der Waals surface area contributed by atoms with Gasteiger partial charge in [0, 0.05) is 11.8 Å². The summed E-state index contributed by atoms with van der Waals surface area (Å²) in [5.74, 6) is 0. The third-order valence-electron chi connectivity index (χ3n) is 2.38. The zero-order valence-electron chi connectivity index (χ0n) is 7.15. The summed E-state index contributed by atoms with van der Waals surface area (Å²) in [6.07, 6.45) is 1.68. The molecular formula is C8H8N4OS. The van der Waals surface area contributed by atoms with Crippen LogP contribution < -0.4 is 16.4 Å². The van der Waals surface area contributed by atoms with Crippen molar-refractivity contribution in [2.45, 2.75) is 16.4 Å². The number of pyridine rings is 1. The standard InChI is InChI=1S/C8H8N4OS/c9-6-5-4-3(11-8(13)12-5)1-2-10-7(4)14-6/h1-2,5-6H,9H2,(H2,11,12,13). The van der Waals surface area contributed by atoms with Gasteiger partial charge in [-0.1, -0.05) is 11.8 Å². The summed E-state index contributed by atoms with van der Waals surface area (Å²) < 4.78 is 0. The number of amides is 2. The van der Waals surface area contributed by atoms with Gasteiger partial charge in [-0.3, -0.25) is 0 Å². The average Bonchev–Trinajstić information content (AvgIpc) is 2.45. The first-order chi connectivity index (χ1) is 6.75. The molecule has 6 heteroatoms. The van der Waals surface area contributed by atoms with Gasteiger partial charge in [0.05, 0.1) is 17.1 Å². The Morgan fingerprint density at radius 3 is 3.29 bits per heavy atom. The molecule has 2 atom stereocenters. The summed E-state index contributed by atoms with van der Waals surface area (Å²) in [4.78, 5) is 15.5. The van der Waals surface area contributed by atoms with Crippen LogP contribution in [0.15, 0.2) is 17.3 Å². The molecule has 4 N–H and O–H groups in total. The zero-order chi connectivity index (χ0) is 9.71. The minimum Gasteiger partial charge on any atom is -0.328 e. The van der Waals surface area contributed by atoms with Crippen molar-refractivity contribution in [3.8, 4) is 0 Å². The maximum absolute atomic E-state index is 11.3. The number of thioether (sulfide) groups is 1. The molecule has 2 unspecified atom stereocenters. The van der Waals surface area contributed by atoms with Crippen LogP contribution in [-0.2, 0) is 0 Å². The molecule has 2 aliphatic heterocycles. The fourth-order valence-corrected chi connectivity index (χ4v) is 2.86. The van der Waals surface area contributed by atoms with E-state index in [1.807, 2.05) is 0 Å². The predicted octanol–water partition coefficient (Wildman–Crippen LogP) is 0.648. The Hall–Kier alpha value is -1.27. The number of nitrogens with zero attached hydrogens (tertiary/aromatic N) is 1. The van der Waals surface area contributed by atoms with Gasteiger partial charge in [-0.25, -0.2) is 9.78 Å². The number of anilines is 1. The topological polar surface area (TPSA) is 80.0 Å². The van der Waals surface area contributed by atoms with E-state index in [0.29, 0.717) is 0 Å². The summed E-state index contributed by atoms with van der Waals surface area (Å²) >= 11 is 1.49. The molecule has 0 fully saturated rings. The van der Waals surface area contributed by atoms with E-state index >= 15 is 0 Å². The van der Waals surface area contributed by atoms with Gasteiger partial charge >= 0.3 is 6.03 Å². The van der Waals surface area contributed by atoms with E-state index in [-0.39, 0.29) is 17.4 Å². The molecule has 1 aromatic rings. The van der Waals surface area contributed by atoms with Gasteiger partial charge in [0.25, 0.3) is 0 Å². The third kappa shape index (κ3) is 0.948. The molecule has 0 spiro atoms. The van der Waals surface area contributed by atoms with Crippen molar-refractivity contribution < 1.29 is 4.79 Å². The average molecular weight is 208 g/mol. The predicted molar refractivity (Wildman–Crippen MR) is 53.0 cm³/mol. The van der Waals surface area contributed by atoms with E-state index in [2.05, 4.69) is 15.6 Å². The highest BCUT2D eigenvalue weighted by atomic mass is 32.2. The van der Waals surface area contributed by atoms with Gasteiger partial charge in [-0.05, 0) is 6.07 Å². The van der Waals surface area contributed by atoms with Crippen molar-refractivity contribution in [3.05, 3.63) is 17.8 Å². The normalized spacial score (nSPS) is 27.9. The molecule has 0 bridgehead atoms. The van der Waals surface area contributed by atoms with E-state index in [4.69, 9.17) is 5.73 Å². The molecular weight excluding hydrogens is 200 g/mol. The largest absolute Gasteiger partial charge is 0.328 e. The summed E-state index contributed by atoms with van der Waals surface area (Å²) in [6.45, 7) is 0. The Morgan fingerprint density at radius 1 is 1.57 bits per heavy atom. The number of hydrogen-bond donors (Lipinski definition) is 3. The second-order valence-electron chi connectivity index (χ2n) is 3.24. The van der Waals surface area contributed by atoms with E-state index in [1.165, 1.54) is 11.8 Å². The lowest BCUT2D eigenvalue weighted by molar-refractivity contribution is 0.247. The lowest BCUT2D eigenvalue weighted by atomic mass is 10.1. The maximum atomic E-state index is 11.3. The monoisotopic (exact) mass is 208 g/mol. The van der Waals surface area contributed by atoms with E-state index < -0.39 is 0 Å². The Bertz CT molecular complexity index is 422. The lowest BCUT2D eigenvalue weighted by Crippen LogP contribution is -2.42. The second-order valence-corrected chi connectivity index (χ2v) is 4.40. The summed E-state index contributed by atoms with van der Waals surface area (Å²) in [5, 5.41) is 6.30. The van der Waals surface area contributed by atoms with Crippen LogP contribution in [-0.4, -0.2) is 16.4 Å². The molecule has 0 aromatic carbocycles. The number of rotatable bonds is 0. The molecule has 0 saturated heterocycles. The highest BCUT2D eigenvalue weighted by molar-refractivity contribution is 8.00. The first-order valence-corrected chi connectivity index (χ1v) is 5.12. The van der Waals surface area contributed by atoms with Gasteiger partial charge in [0.15, 0.2) is 0 Å². The van der Waals surface area contributed by atoms with Crippen molar-refractivity contribution in [2.24, 2.45) is 5.73 Å². The SMILES string of the molecule is NC1Sc2nccc3c2C1NC(=O)N3. The van der Waals surface area contributed by atoms with Crippen molar-refractivity contribution >= 4 is 23.5 Å². The van der Waals surface area contributed by atoms with Crippen LogP contribution >= 0.6 is 11.8 Å². The molecule has 2 amide bonds. The number of nitrogens with two attached hydrogens (primary N) is 1. The molecule has 3 heterocycles.